The Balaban J connectivity index is 1.40. The smallest absolute Gasteiger partial charge is 0.213 e. The number of likely N-dealkylation sites (tertiary alicyclic amines) is 2. The Morgan fingerprint density at radius 3 is 2.55 bits per heavy atom. The van der Waals surface area contributed by atoms with Crippen LogP contribution >= 0.6 is 0 Å². The molecule has 0 aromatic carbocycles. The molecule has 2 saturated heterocycles. The maximum Gasteiger partial charge on any atom is 0.213 e. The highest BCUT2D eigenvalue weighted by Gasteiger charge is 2.24. The average Bonchev–Trinajstić information content (AvgIpc) is 2.52. The predicted molar refractivity (Wildman–Crippen MR) is 89.3 cm³/mol. The summed E-state index contributed by atoms with van der Waals surface area (Å²) in [7, 11) is 2.23. The van der Waals surface area contributed by atoms with E-state index in [1.54, 1.807) is 0 Å². The van der Waals surface area contributed by atoms with E-state index in [2.05, 4.69) is 28.8 Å². The summed E-state index contributed by atoms with van der Waals surface area (Å²) in [5.41, 5.74) is 1.21. The zero-order valence-corrected chi connectivity index (χ0v) is 14.0. The first-order valence-corrected chi connectivity index (χ1v) is 8.69. The van der Waals surface area contributed by atoms with Crippen LogP contribution in [0.4, 0.5) is 0 Å². The van der Waals surface area contributed by atoms with Crippen molar-refractivity contribution in [2.24, 2.45) is 5.92 Å². The van der Waals surface area contributed by atoms with Gasteiger partial charge in [-0.05, 0) is 70.3 Å². The average molecular weight is 303 g/mol. The Hall–Kier alpha value is -1.13. The highest BCUT2D eigenvalue weighted by molar-refractivity contribution is 5.18. The first-order chi connectivity index (χ1) is 10.7. The van der Waals surface area contributed by atoms with Gasteiger partial charge in [0.05, 0.1) is 0 Å². The van der Waals surface area contributed by atoms with E-state index >= 15 is 0 Å². The largest absolute Gasteiger partial charge is 0.474 e. The van der Waals surface area contributed by atoms with Gasteiger partial charge in [-0.3, -0.25) is 0 Å². The zero-order chi connectivity index (χ0) is 15.4. The van der Waals surface area contributed by atoms with Crippen molar-refractivity contribution in [3.05, 3.63) is 23.9 Å². The van der Waals surface area contributed by atoms with Gasteiger partial charge in [0, 0.05) is 31.9 Å². The molecule has 4 nitrogen and oxygen atoms in total. The number of ether oxygens (including phenoxy) is 1. The van der Waals surface area contributed by atoms with Crippen LogP contribution in [0.25, 0.3) is 0 Å². The second kappa shape index (κ2) is 7.42. The fraction of sp³-hybridized carbons (Fsp3) is 0.722. The standard InChI is InChI=1S/C18H29N3O/c1-15-3-8-19-18(13-15)22-17-6-11-21(12-7-17)14-16-4-9-20(2)10-5-16/h3,8,13,16-17H,4-7,9-12,14H2,1-2H3. The lowest BCUT2D eigenvalue weighted by molar-refractivity contribution is 0.0783. The van der Waals surface area contributed by atoms with Gasteiger partial charge < -0.3 is 14.5 Å². The van der Waals surface area contributed by atoms with Gasteiger partial charge in [-0.15, -0.1) is 0 Å². The van der Waals surface area contributed by atoms with Gasteiger partial charge >= 0.3 is 0 Å². The molecule has 1 aromatic rings. The third-order valence-corrected chi connectivity index (χ3v) is 5.07. The van der Waals surface area contributed by atoms with Gasteiger partial charge in [0.25, 0.3) is 0 Å². The summed E-state index contributed by atoms with van der Waals surface area (Å²) in [5.74, 6) is 1.68. The summed E-state index contributed by atoms with van der Waals surface area (Å²) in [4.78, 5) is 9.40. The number of hydrogen-bond acceptors (Lipinski definition) is 4. The van der Waals surface area contributed by atoms with Crippen molar-refractivity contribution in [3.8, 4) is 5.88 Å². The van der Waals surface area contributed by atoms with Crippen molar-refractivity contribution in [2.45, 2.75) is 38.7 Å². The van der Waals surface area contributed by atoms with E-state index in [0.717, 1.165) is 24.6 Å². The zero-order valence-electron chi connectivity index (χ0n) is 14.0. The van der Waals surface area contributed by atoms with E-state index in [4.69, 9.17) is 4.74 Å². The molecule has 2 aliphatic rings. The van der Waals surface area contributed by atoms with Crippen LogP contribution in [0.5, 0.6) is 5.88 Å². The van der Waals surface area contributed by atoms with Crippen molar-refractivity contribution < 1.29 is 4.74 Å². The van der Waals surface area contributed by atoms with Crippen molar-refractivity contribution >= 4 is 0 Å². The van der Waals surface area contributed by atoms with Crippen LogP contribution in [-0.2, 0) is 0 Å². The van der Waals surface area contributed by atoms with Crippen LogP contribution in [0.15, 0.2) is 18.3 Å². The molecule has 0 bridgehead atoms. The lowest BCUT2D eigenvalue weighted by Gasteiger charge is -2.36. The van der Waals surface area contributed by atoms with Crippen LogP contribution in [0.2, 0.25) is 0 Å². The van der Waals surface area contributed by atoms with Crippen LogP contribution in [0, 0.1) is 12.8 Å². The summed E-state index contributed by atoms with van der Waals surface area (Å²) >= 11 is 0. The molecule has 0 saturated carbocycles. The molecule has 0 spiro atoms. The van der Waals surface area contributed by atoms with E-state index in [0.29, 0.717) is 6.10 Å². The van der Waals surface area contributed by atoms with Crippen molar-refractivity contribution in [1.29, 1.82) is 0 Å². The van der Waals surface area contributed by atoms with Gasteiger partial charge in [-0.25, -0.2) is 4.98 Å². The summed E-state index contributed by atoms with van der Waals surface area (Å²) in [6.45, 7) is 8.24. The Bertz CT molecular complexity index is 463. The van der Waals surface area contributed by atoms with E-state index in [-0.39, 0.29) is 0 Å². The van der Waals surface area contributed by atoms with E-state index in [1.165, 1.54) is 51.1 Å². The van der Waals surface area contributed by atoms with Crippen molar-refractivity contribution in [3.63, 3.8) is 0 Å². The molecule has 22 heavy (non-hydrogen) atoms. The quantitative estimate of drug-likeness (QED) is 0.855. The first-order valence-electron chi connectivity index (χ1n) is 8.69. The lowest BCUT2D eigenvalue weighted by atomic mass is 9.95. The molecule has 4 heteroatoms. The minimum Gasteiger partial charge on any atom is -0.474 e. The second-order valence-electron chi connectivity index (χ2n) is 7.04. The third-order valence-electron chi connectivity index (χ3n) is 5.07. The summed E-state index contributed by atoms with van der Waals surface area (Å²) < 4.78 is 6.04. The van der Waals surface area contributed by atoms with E-state index < -0.39 is 0 Å². The van der Waals surface area contributed by atoms with Gasteiger partial charge in [-0.2, -0.15) is 0 Å². The Kier molecular flexibility index (Phi) is 5.32. The van der Waals surface area contributed by atoms with E-state index in [1.807, 2.05) is 18.3 Å². The minimum absolute atomic E-state index is 0.336. The molecule has 2 fully saturated rings. The Morgan fingerprint density at radius 2 is 1.86 bits per heavy atom. The van der Waals surface area contributed by atoms with Gasteiger partial charge in [-0.1, -0.05) is 0 Å². The molecular weight excluding hydrogens is 274 g/mol. The molecular formula is C18H29N3O. The number of aromatic nitrogens is 1. The normalized spacial score (nSPS) is 22.8. The fourth-order valence-corrected chi connectivity index (χ4v) is 3.56. The van der Waals surface area contributed by atoms with E-state index in [9.17, 15) is 0 Å². The maximum absolute atomic E-state index is 6.04. The second-order valence-corrected chi connectivity index (χ2v) is 7.04. The van der Waals surface area contributed by atoms with Crippen LogP contribution < -0.4 is 4.74 Å². The molecule has 122 valence electrons. The van der Waals surface area contributed by atoms with Crippen molar-refractivity contribution in [1.82, 2.24) is 14.8 Å². The number of nitrogens with zero attached hydrogens (tertiary/aromatic N) is 3. The SMILES string of the molecule is Cc1ccnc(OC2CCN(CC3CCN(C)CC3)CC2)c1. The molecule has 0 N–H and O–H groups in total. The molecule has 3 heterocycles. The Morgan fingerprint density at radius 1 is 1.14 bits per heavy atom. The lowest BCUT2D eigenvalue weighted by Crippen LogP contribution is -2.42. The van der Waals surface area contributed by atoms with Gasteiger partial charge in [0.15, 0.2) is 0 Å². The van der Waals surface area contributed by atoms with Crippen LogP contribution in [-0.4, -0.2) is 60.7 Å². The molecule has 0 unspecified atom stereocenters. The molecule has 0 aliphatic carbocycles. The van der Waals surface area contributed by atoms with Crippen molar-refractivity contribution in [2.75, 3.05) is 39.8 Å². The maximum atomic E-state index is 6.04. The number of pyridine rings is 1. The highest BCUT2D eigenvalue weighted by Crippen LogP contribution is 2.22. The number of aryl methyl sites for hydroxylation is 1. The summed E-state index contributed by atoms with van der Waals surface area (Å²) in [5, 5.41) is 0. The molecule has 3 rings (SSSR count). The summed E-state index contributed by atoms with van der Waals surface area (Å²) in [6, 6.07) is 4.04. The predicted octanol–water partition coefficient (Wildman–Crippen LogP) is 2.58. The molecule has 0 radical (unpaired) electrons. The topological polar surface area (TPSA) is 28.6 Å². The molecule has 2 aliphatic heterocycles. The molecule has 0 atom stereocenters. The fourth-order valence-electron chi connectivity index (χ4n) is 3.56. The third kappa shape index (κ3) is 4.43. The molecule has 1 aromatic heterocycles. The number of hydrogen-bond donors (Lipinski definition) is 0. The molecule has 0 amide bonds. The number of piperidine rings is 2. The van der Waals surface area contributed by atoms with Crippen LogP contribution in [0.1, 0.15) is 31.2 Å². The monoisotopic (exact) mass is 303 g/mol. The minimum atomic E-state index is 0.336. The summed E-state index contributed by atoms with van der Waals surface area (Å²) in [6.07, 6.45) is 7.15. The van der Waals surface area contributed by atoms with Gasteiger partial charge in [0.1, 0.15) is 6.10 Å². The Labute approximate surface area is 134 Å². The number of rotatable bonds is 4. The van der Waals surface area contributed by atoms with Crippen LogP contribution in [0.3, 0.4) is 0 Å². The van der Waals surface area contributed by atoms with Gasteiger partial charge in [0.2, 0.25) is 5.88 Å². The highest BCUT2D eigenvalue weighted by atomic mass is 16.5. The first kappa shape index (κ1) is 15.8.